The molecular formula is C96H87N3. The summed E-state index contributed by atoms with van der Waals surface area (Å²) in [7, 11) is 0. The summed E-state index contributed by atoms with van der Waals surface area (Å²) in [5.74, 6) is -0.111. The van der Waals surface area contributed by atoms with Crippen molar-refractivity contribution in [3.8, 4) is 66.8 Å². The second-order valence-corrected chi connectivity index (χ2v) is 31.8. The highest BCUT2D eigenvalue weighted by Crippen LogP contribution is 2.68. The maximum absolute atomic E-state index is 2.70. The Morgan fingerprint density at radius 3 is 0.848 bits per heavy atom. The Morgan fingerprint density at radius 2 is 0.525 bits per heavy atom. The summed E-state index contributed by atoms with van der Waals surface area (Å²) in [5.41, 5.74) is 35.2. The second-order valence-electron chi connectivity index (χ2n) is 31.8. The van der Waals surface area contributed by atoms with Crippen molar-refractivity contribution >= 4 is 51.2 Å². The second kappa shape index (κ2) is 24.1. The van der Waals surface area contributed by atoms with Gasteiger partial charge in [0.2, 0.25) is 0 Å². The van der Waals surface area contributed by atoms with Gasteiger partial charge in [0.15, 0.2) is 0 Å². The number of fused-ring (bicyclic) bond motifs is 6. The van der Waals surface area contributed by atoms with E-state index in [0.29, 0.717) is 0 Å². The van der Waals surface area contributed by atoms with Gasteiger partial charge < -0.3 is 14.7 Å². The normalized spacial score (nSPS) is 13.5. The van der Waals surface area contributed by atoms with Crippen molar-refractivity contribution in [1.29, 1.82) is 0 Å². The first-order valence-electron chi connectivity index (χ1n) is 35.5. The summed E-state index contributed by atoms with van der Waals surface area (Å²) in [6.45, 7) is 28.0. The van der Waals surface area contributed by atoms with Gasteiger partial charge in [0.25, 0.3) is 0 Å². The van der Waals surface area contributed by atoms with Crippen LogP contribution >= 0.6 is 0 Å². The summed E-state index contributed by atoms with van der Waals surface area (Å²) in [5, 5.41) is 0. The number of hydrogen-bond donors (Lipinski definition) is 0. The van der Waals surface area contributed by atoms with Gasteiger partial charge in [-0.05, 0) is 183 Å². The molecule has 13 aromatic carbocycles. The number of nitrogens with zero attached hydrogens (tertiary/aromatic N) is 3. The topological polar surface area (TPSA) is 9.72 Å². The van der Waals surface area contributed by atoms with E-state index in [1.165, 1.54) is 83.5 Å². The molecule has 486 valence electrons. The SMILES string of the molecule is CC(C)(C)c1ccc(-c2ccc3c(c2)N2c4cc(-c5ccc(C(C)(C)C)cc5)ccc4N(c4c(-c5ccccc5)cc(C(C)(C)C)cc4-c4ccccc4)c4cc(C5c6ccccc6Cc6ccccc65)cc(c42)N3c2c(-c3ccccc3)cc(C(C)(C)C)cc2-c2ccccc2)cc1. The molecule has 3 heteroatoms. The van der Waals surface area contributed by atoms with Crippen molar-refractivity contribution < 1.29 is 0 Å². The Morgan fingerprint density at radius 1 is 0.232 bits per heavy atom. The van der Waals surface area contributed by atoms with Crippen LogP contribution in [0.25, 0.3) is 66.8 Å². The lowest BCUT2D eigenvalue weighted by Gasteiger charge is -2.49. The summed E-state index contributed by atoms with van der Waals surface area (Å²) in [6, 6.07) is 112. The van der Waals surface area contributed by atoms with Crippen molar-refractivity contribution in [1.82, 2.24) is 0 Å². The Kier molecular flexibility index (Phi) is 15.3. The van der Waals surface area contributed by atoms with Crippen LogP contribution in [0.1, 0.15) is 139 Å². The molecule has 1 aliphatic carbocycles. The molecule has 0 atom stereocenters. The van der Waals surface area contributed by atoms with Crippen molar-refractivity contribution in [2.45, 2.75) is 117 Å². The van der Waals surface area contributed by atoms with Gasteiger partial charge in [0, 0.05) is 28.2 Å². The van der Waals surface area contributed by atoms with Gasteiger partial charge in [-0.15, -0.1) is 0 Å². The number of benzene rings is 13. The van der Waals surface area contributed by atoms with Crippen LogP contribution in [0.4, 0.5) is 51.2 Å². The average molecular weight is 1280 g/mol. The summed E-state index contributed by atoms with van der Waals surface area (Å²) in [6.07, 6.45) is 0.873. The van der Waals surface area contributed by atoms with Gasteiger partial charge in [-0.3, -0.25) is 0 Å². The lowest BCUT2D eigenvalue weighted by molar-refractivity contribution is 0.590. The van der Waals surface area contributed by atoms with Crippen LogP contribution in [0.2, 0.25) is 0 Å². The Balaban J connectivity index is 1.12. The van der Waals surface area contributed by atoms with E-state index in [2.05, 4.69) is 389 Å². The number of rotatable bonds is 9. The van der Waals surface area contributed by atoms with Crippen LogP contribution in [-0.4, -0.2) is 0 Å². The first-order valence-corrected chi connectivity index (χ1v) is 35.5. The molecule has 0 spiro atoms. The maximum Gasteiger partial charge on any atom is 0.0948 e. The molecule has 0 fully saturated rings. The molecule has 0 unspecified atom stereocenters. The molecule has 0 N–H and O–H groups in total. The van der Waals surface area contributed by atoms with Crippen LogP contribution in [0.3, 0.4) is 0 Å². The zero-order chi connectivity index (χ0) is 68.3. The van der Waals surface area contributed by atoms with E-state index < -0.39 is 0 Å². The fourth-order valence-electron chi connectivity index (χ4n) is 15.6. The molecule has 0 saturated carbocycles. The van der Waals surface area contributed by atoms with Crippen molar-refractivity contribution in [3.05, 3.63) is 341 Å². The first kappa shape index (κ1) is 63.0. The Labute approximate surface area is 587 Å². The predicted octanol–water partition coefficient (Wildman–Crippen LogP) is 27.0. The standard InChI is InChI=1S/C96H87N3/c1-93(2,3)73-47-41-62(42-48-73)68-45-51-83-85(54-68)99-86-55-69(63-43-49-74(50-44-63)94(4,5)6)46-52-84(86)98(91-81(66-33-21-15-22-34-66)60-76(96(10,11)12)61-82(91)67-35-23-16-24-36-67)88-57-72(89-77-39-27-25-37-70(77)53-71-38-26-28-40-78(71)89)56-87(92(88)99)97(83)90-79(64-29-17-13-18-30-64)58-75(95(7,8)9)59-80(90)65-31-19-14-20-32-65/h13-52,54-61,89H,53H2,1-12H3. The Bertz CT molecular complexity index is 4780. The van der Waals surface area contributed by atoms with E-state index in [9.17, 15) is 0 Å². The molecule has 13 aromatic rings. The molecule has 2 aliphatic heterocycles. The third kappa shape index (κ3) is 11.3. The molecule has 0 radical (unpaired) electrons. The lowest BCUT2D eigenvalue weighted by Crippen LogP contribution is -2.32. The van der Waals surface area contributed by atoms with Gasteiger partial charge >= 0.3 is 0 Å². The fourth-order valence-corrected chi connectivity index (χ4v) is 15.6. The minimum absolute atomic E-state index is 0.00688. The zero-order valence-electron chi connectivity index (χ0n) is 59.3. The zero-order valence-corrected chi connectivity index (χ0v) is 59.3. The van der Waals surface area contributed by atoms with E-state index in [1.54, 1.807) is 0 Å². The van der Waals surface area contributed by atoms with Crippen LogP contribution in [0.15, 0.2) is 291 Å². The first-order chi connectivity index (χ1) is 47.6. The van der Waals surface area contributed by atoms with Crippen LogP contribution in [0, 0.1) is 0 Å². The van der Waals surface area contributed by atoms with Crippen LogP contribution in [0.5, 0.6) is 0 Å². The molecule has 3 nitrogen and oxygen atoms in total. The molecular weight excluding hydrogens is 1200 g/mol. The molecule has 3 aliphatic rings. The van der Waals surface area contributed by atoms with Gasteiger partial charge in [0.1, 0.15) is 0 Å². The van der Waals surface area contributed by atoms with Crippen LogP contribution < -0.4 is 14.7 Å². The fraction of sp³-hybridized carbons (Fsp3) is 0.188. The smallest absolute Gasteiger partial charge is 0.0948 e. The largest absolute Gasteiger partial charge is 0.305 e. The summed E-state index contributed by atoms with van der Waals surface area (Å²) >= 11 is 0. The van der Waals surface area contributed by atoms with Gasteiger partial charge in [0.05, 0.1) is 51.2 Å². The van der Waals surface area contributed by atoms with E-state index >= 15 is 0 Å². The summed E-state index contributed by atoms with van der Waals surface area (Å²) in [4.78, 5) is 8.09. The molecule has 0 amide bonds. The van der Waals surface area contributed by atoms with Gasteiger partial charge in [-0.1, -0.05) is 314 Å². The van der Waals surface area contributed by atoms with Crippen molar-refractivity contribution in [2.75, 3.05) is 14.7 Å². The van der Waals surface area contributed by atoms with Gasteiger partial charge in [-0.25, -0.2) is 0 Å². The Hall–Kier alpha value is -10.7. The third-order valence-electron chi connectivity index (χ3n) is 21.1. The monoisotopic (exact) mass is 1280 g/mol. The lowest BCUT2D eigenvalue weighted by atomic mass is 9.74. The van der Waals surface area contributed by atoms with E-state index in [0.717, 1.165) is 91.0 Å². The van der Waals surface area contributed by atoms with Crippen molar-refractivity contribution in [3.63, 3.8) is 0 Å². The highest BCUT2D eigenvalue weighted by atomic mass is 15.3. The van der Waals surface area contributed by atoms with E-state index in [1.807, 2.05) is 0 Å². The number of hydrogen-bond acceptors (Lipinski definition) is 3. The minimum Gasteiger partial charge on any atom is -0.305 e. The molecule has 2 heterocycles. The van der Waals surface area contributed by atoms with Gasteiger partial charge in [-0.2, -0.15) is 0 Å². The van der Waals surface area contributed by atoms with Crippen molar-refractivity contribution in [2.24, 2.45) is 0 Å². The van der Waals surface area contributed by atoms with E-state index in [-0.39, 0.29) is 27.6 Å². The van der Waals surface area contributed by atoms with Crippen LogP contribution in [-0.2, 0) is 28.1 Å². The molecule has 0 saturated heterocycles. The molecule has 0 bridgehead atoms. The molecule has 0 aromatic heterocycles. The highest BCUT2D eigenvalue weighted by Gasteiger charge is 2.44. The quantitative estimate of drug-likeness (QED) is 0.143. The third-order valence-corrected chi connectivity index (χ3v) is 21.1. The molecule has 99 heavy (non-hydrogen) atoms. The average Bonchev–Trinajstić information content (AvgIpc) is 0.685. The predicted molar refractivity (Wildman–Crippen MR) is 422 cm³/mol. The summed E-state index contributed by atoms with van der Waals surface area (Å²) < 4.78 is 0. The highest BCUT2D eigenvalue weighted by molar-refractivity contribution is 6.17. The minimum atomic E-state index is -0.190. The number of anilines is 9. The molecule has 16 rings (SSSR count). The maximum atomic E-state index is 2.70. The van der Waals surface area contributed by atoms with E-state index in [4.69, 9.17) is 0 Å².